The standard InChI is InChI=1S/C21H28/c1-6-9-20(7-2)21(8-3)16-18(5)12-15-19-13-10-17(4)11-14-19/h6-11,13-14,18,21H,1-3,12,15-16H2,4-5H3. The van der Waals surface area contributed by atoms with Crippen molar-refractivity contribution in [2.75, 3.05) is 0 Å². The molecule has 0 N–H and O–H groups in total. The topological polar surface area (TPSA) is 0 Å². The SMILES string of the molecule is C=CC=C(C=C)C(C=C)CC(C)CCc1ccc(C)cc1. The molecule has 0 aliphatic rings. The Hall–Kier alpha value is -1.82. The fourth-order valence-corrected chi connectivity index (χ4v) is 2.57. The van der Waals surface area contributed by atoms with Gasteiger partial charge < -0.3 is 0 Å². The number of allylic oxidation sites excluding steroid dienone is 5. The molecule has 1 aromatic rings. The maximum atomic E-state index is 3.97. The third-order valence-corrected chi connectivity index (χ3v) is 3.96. The highest BCUT2D eigenvalue weighted by atomic mass is 14.2. The first-order chi connectivity index (χ1) is 10.1. The van der Waals surface area contributed by atoms with Gasteiger partial charge in [0.1, 0.15) is 0 Å². The fourth-order valence-electron chi connectivity index (χ4n) is 2.57. The molecule has 0 bridgehead atoms. The molecular formula is C21H28. The van der Waals surface area contributed by atoms with Crippen LogP contribution < -0.4 is 0 Å². The van der Waals surface area contributed by atoms with Crippen molar-refractivity contribution in [1.82, 2.24) is 0 Å². The van der Waals surface area contributed by atoms with E-state index < -0.39 is 0 Å². The van der Waals surface area contributed by atoms with Crippen LogP contribution in [-0.2, 0) is 6.42 Å². The second-order valence-corrected chi connectivity index (χ2v) is 5.81. The van der Waals surface area contributed by atoms with E-state index in [4.69, 9.17) is 0 Å². The number of rotatable bonds is 9. The highest BCUT2D eigenvalue weighted by molar-refractivity contribution is 5.27. The monoisotopic (exact) mass is 280 g/mol. The third kappa shape index (κ3) is 5.99. The van der Waals surface area contributed by atoms with E-state index in [1.165, 1.54) is 23.1 Å². The molecule has 0 spiro atoms. The van der Waals surface area contributed by atoms with Crippen molar-refractivity contribution in [2.45, 2.75) is 33.1 Å². The summed E-state index contributed by atoms with van der Waals surface area (Å²) in [5.41, 5.74) is 3.96. The van der Waals surface area contributed by atoms with Crippen LogP contribution in [-0.4, -0.2) is 0 Å². The van der Waals surface area contributed by atoms with Crippen LogP contribution in [0.15, 0.2) is 73.9 Å². The molecule has 0 amide bonds. The van der Waals surface area contributed by atoms with Crippen molar-refractivity contribution in [3.05, 3.63) is 85.0 Å². The zero-order chi connectivity index (χ0) is 15.7. The van der Waals surface area contributed by atoms with Gasteiger partial charge in [0.25, 0.3) is 0 Å². The molecule has 21 heavy (non-hydrogen) atoms. The molecule has 0 heteroatoms. The molecular weight excluding hydrogens is 252 g/mol. The first kappa shape index (κ1) is 17.2. The zero-order valence-electron chi connectivity index (χ0n) is 13.5. The minimum atomic E-state index is 0.369. The average molecular weight is 280 g/mol. The van der Waals surface area contributed by atoms with Gasteiger partial charge in [0.2, 0.25) is 0 Å². The minimum absolute atomic E-state index is 0.369. The lowest BCUT2D eigenvalue weighted by atomic mass is 9.86. The molecule has 0 saturated heterocycles. The smallest absolute Gasteiger partial charge is 0.00176 e. The Balaban J connectivity index is 2.54. The molecule has 2 unspecified atom stereocenters. The Labute approximate surface area is 130 Å². The predicted octanol–water partition coefficient (Wildman–Crippen LogP) is 6.05. The molecule has 0 nitrogen and oxygen atoms in total. The Morgan fingerprint density at radius 1 is 1.14 bits per heavy atom. The second kappa shape index (κ2) is 9.18. The van der Waals surface area contributed by atoms with E-state index in [1.807, 2.05) is 24.3 Å². The van der Waals surface area contributed by atoms with Gasteiger partial charge in [0, 0.05) is 5.92 Å². The van der Waals surface area contributed by atoms with Crippen LogP contribution in [0.1, 0.15) is 30.9 Å². The Kier molecular flexibility index (Phi) is 7.53. The van der Waals surface area contributed by atoms with Crippen LogP contribution in [0.5, 0.6) is 0 Å². The third-order valence-electron chi connectivity index (χ3n) is 3.96. The van der Waals surface area contributed by atoms with E-state index in [1.54, 1.807) is 0 Å². The number of hydrogen-bond acceptors (Lipinski definition) is 0. The summed E-state index contributed by atoms with van der Waals surface area (Å²) in [5, 5.41) is 0. The van der Waals surface area contributed by atoms with Crippen molar-refractivity contribution >= 4 is 0 Å². The van der Waals surface area contributed by atoms with Crippen molar-refractivity contribution in [1.29, 1.82) is 0 Å². The lowest BCUT2D eigenvalue weighted by Gasteiger charge is -2.19. The second-order valence-electron chi connectivity index (χ2n) is 5.81. The van der Waals surface area contributed by atoms with Crippen LogP contribution in [0, 0.1) is 18.8 Å². The summed E-state index contributed by atoms with van der Waals surface area (Å²) in [5.74, 6) is 1.02. The summed E-state index contributed by atoms with van der Waals surface area (Å²) in [7, 11) is 0. The van der Waals surface area contributed by atoms with Gasteiger partial charge in [-0.25, -0.2) is 0 Å². The summed E-state index contributed by atoms with van der Waals surface area (Å²) < 4.78 is 0. The van der Waals surface area contributed by atoms with E-state index in [9.17, 15) is 0 Å². The predicted molar refractivity (Wildman–Crippen MR) is 95.4 cm³/mol. The average Bonchev–Trinajstić information content (AvgIpc) is 2.50. The molecule has 112 valence electrons. The normalized spacial score (nSPS) is 14.3. The molecule has 0 aliphatic carbocycles. The van der Waals surface area contributed by atoms with Gasteiger partial charge in [-0.1, -0.05) is 74.2 Å². The number of hydrogen-bond donors (Lipinski definition) is 0. The fraction of sp³-hybridized carbons (Fsp3) is 0.333. The van der Waals surface area contributed by atoms with Crippen molar-refractivity contribution in [2.24, 2.45) is 11.8 Å². The van der Waals surface area contributed by atoms with Gasteiger partial charge in [0.15, 0.2) is 0 Å². The van der Waals surface area contributed by atoms with Gasteiger partial charge in [-0.3, -0.25) is 0 Å². The summed E-state index contributed by atoms with van der Waals surface area (Å²) in [6, 6.07) is 8.85. The van der Waals surface area contributed by atoms with Gasteiger partial charge in [-0.15, -0.1) is 6.58 Å². The first-order valence-corrected chi connectivity index (χ1v) is 7.73. The maximum absolute atomic E-state index is 3.97. The van der Waals surface area contributed by atoms with Gasteiger partial charge in [-0.05, 0) is 43.2 Å². The highest BCUT2D eigenvalue weighted by Crippen LogP contribution is 2.25. The lowest BCUT2D eigenvalue weighted by molar-refractivity contribution is 0.452. The first-order valence-electron chi connectivity index (χ1n) is 7.73. The summed E-state index contributed by atoms with van der Waals surface area (Å²) in [4.78, 5) is 0. The largest absolute Gasteiger partial charge is 0.102 e. The number of benzene rings is 1. The van der Waals surface area contributed by atoms with Gasteiger partial charge in [-0.2, -0.15) is 0 Å². The van der Waals surface area contributed by atoms with Crippen molar-refractivity contribution < 1.29 is 0 Å². The molecule has 0 heterocycles. The lowest BCUT2D eigenvalue weighted by Crippen LogP contribution is -2.07. The van der Waals surface area contributed by atoms with E-state index in [0.29, 0.717) is 11.8 Å². The van der Waals surface area contributed by atoms with Crippen LogP contribution in [0.2, 0.25) is 0 Å². The minimum Gasteiger partial charge on any atom is -0.102 e. The highest BCUT2D eigenvalue weighted by Gasteiger charge is 2.12. The summed E-state index contributed by atoms with van der Waals surface area (Å²) in [6.07, 6.45) is 11.3. The van der Waals surface area contributed by atoms with E-state index >= 15 is 0 Å². The maximum Gasteiger partial charge on any atom is 0.00176 e. The molecule has 0 fully saturated rings. The van der Waals surface area contributed by atoms with Crippen LogP contribution >= 0.6 is 0 Å². The van der Waals surface area contributed by atoms with Crippen LogP contribution in [0.25, 0.3) is 0 Å². The molecule has 2 atom stereocenters. The Morgan fingerprint density at radius 3 is 2.33 bits per heavy atom. The van der Waals surface area contributed by atoms with Crippen LogP contribution in [0.3, 0.4) is 0 Å². The van der Waals surface area contributed by atoms with Crippen molar-refractivity contribution in [3.8, 4) is 0 Å². The molecule has 1 rings (SSSR count). The van der Waals surface area contributed by atoms with E-state index in [-0.39, 0.29) is 0 Å². The Bertz CT molecular complexity index is 487. The Morgan fingerprint density at radius 2 is 1.81 bits per heavy atom. The van der Waals surface area contributed by atoms with Gasteiger partial charge in [0.05, 0.1) is 0 Å². The number of aryl methyl sites for hydroxylation is 2. The van der Waals surface area contributed by atoms with E-state index in [2.05, 4.69) is 57.8 Å². The molecule has 0 aromatic heterocycles. The molecule has 1 aromatic carbocycles. The molecule has 0 radical (unpaired) electrons. The van der Waals surface area contributed by atoms with Crippen molar-refractivity contribution in [3.63, 3.8) is 0 Å². The van der Waals surface area contributed by atoms with Gasteiger partial charge >= 0.3 is 0 Å². The summed E-state index contributed by atoms with van der Waals surface area (Å²) in [6.45, 7) is 16.1. The molecule has 0 saturated carbocycles. The van der Waals surface area contributed by atoms with E-state index in [0.717, 1.165) is 12.8 Å². The summed E-state index contributed by atoms with van der Waals surface area (Å²) >= 11 is 0. The molecule has 0 aliphatic heterocycles. The quantitative estimate of drug-likeness (QED) is 0.381. The zero-order valence-corrected chi connectivity index (χ0v) is 13.5. The van der Waals surface area contributed by atoms with Crippen LogP contribution in [0.4, 0.5) is 0 Å².